The number of benzene rings is 1. The number of nitrogens with zero attached hydrogens (tertiary/aromatic N) is 2. The van der Waals surface area contributed by atoms with Gasteiger partial charge in [-0.05, 0) is 36.2 Å². The Morgan fingerprint density at radius 1 is 1.16 bits per heavy atom. The van der Waals surface area contributed by atoms with Crippen molar-refractivity contribution in [3.8, 4) is 16.9 Å². The average Bonchev–Trinajstić information content (AvgIpc) is 2.28. The molecule has 0 spiro atoms. The Morgan fingerprint density at radius 2 is 1.79 bits per heavy atom. The molecule has 1 heterocycles. The molecule has 0 fully saturated rings. The maximum absolute atomic E-state index is 12.0. The van der Waals surface area contributed by atoms with Crippen LogP contribution in [0.2, 0.25) is 5.28 Å². The summed E-state index contributed by atoms with van der Waals surface area (Å²) in [6.45, 7) is 1.74. The van der Waals surface area contributed by atoms with Gasteiger partial charge in [0.05, 0.1) is 5.69 Å². The van der Waals surface area contributed by atoms with E-state index in [1.165, 1.54) is 30.5 Å². The number of aryl methyl sites for hydroxylation is 1. The minimum Gasteiger partial charge on any atom is -0.406 e. The maximum atomic E-state index is 12.0. The summed E-state index contributed by atoms with van der Waals surface area (Å²) in [5, 5.41) is 0.123. The molecule has 0 N–H and O–H groups in total. The molecule has 1 aromatic heterocycles. The standard InChI is InChI=1S/C12H8ClF3N2O/c1-7-10(6-17-11(13)18-7)8-2-4-9(5-3-8)19-12(14,15)16/h2-6H,1H3. The topological polar surface area (TPSA) is 35.0 Å². The first-order valence-electron chi connectivity index (χ1n) is 5.20. The van der Waals surface area contributed by atoms with E-state index >= 15 is 0 Å². The fraction of sp³-hybridized carbons (Fsp3) is 0.167. The molecule has 2 aromatic rings. The molecule has 0 saturated carbocycles. The zero-order chi connectivity index (χ0) is 14.0. The molecular weight excluding hydrogens is 281 g/mol. The second-order valence-corrected chi connectivity index (χ2v) is 4.05. The molecule has 0 aliphatic heterocycles. The predicted octanol–water partition coefficient (Wildman–Crippen LogP) is 4.00. The Bertz CT molecular complexity index is 585. The number of hydrogen-bond donors (Lipinski definition) is 0. The van der Waals surface area contributed by atoms with Gasteiger partial charge in [0.25, 0.3) is 0 Å². The quantitative estimate of drug-likeness (QED) is 0.783. The molecule has 0 amide bonds. The van der Waals surface area contributed by atoms with E-state index in [1.807, 2.05) is 0 Å². The summed E-state index contributed by atoms with van der Waals surface area (Å²) >= 11 is 5.64. The number of alkyl halides is 3. The molecule has 19 heavy (non-hydrogen) atoms. The van der Waals surface area contributed by atoms with Gasteiger partial charge >= 0.3 is 6.36 Å². The highest BCUT2D eigenvalue weighted by Crippen LogP contribution is 2.27. The fourth-order valence-corrected chi connectivity index (χ4v) is 1.73. The molecule has 1 aromatic carbocycles. The Balaban J connectivity index is 2.27. The van der Waals surface area contributed by atoms with Gasteiger partial charge in [-0.3, -0.25) is 0 Å². The third-order valence-electron chi connectivity index (χ3n) is 2.35. The second-order valence-electron chi connectivity index (χ2n) is 3.71. The van der Waals surface area contributed by atoms with Gasteiger partial charge in [0.2, 0.25) is 5.28 Å². The van der Waals surface area contributed by atoms with Gasteiger partial charge in [-0.2, -0.15) is 0 Å². The van der Waals surface area contributed by atoms with Crippen molar-refractivity contribution in [3.63, 3.8) is 0 Å². The lowest BCUT2D eigenvalue weighted by Crippen LogP contribution is -2.16. The SMILES string of the molecule is Cc1nc(Cl)ncc1-c1ccc(OC(F)(F)F)cc1. The molecule has 0 aliphatic carbocycles. The van der Waals surface area contributed by atoms with E-state index < -0.39 is 6.36 Å². The molecule has 0 radical (unpaired) electrons. The van der Waals surface area contributed by atoms with Crippen molar-refractivity contribution in [1.82, 2.24) is 9.97 Å². The number of halogens is 4. The molecule has 3 nitrogen and oxygen atoms in total. The Hall–Kier alpha value is -1.82. The van der Waals surface area contributed by atoms with Crippen LogP contribution >= 0.6 is 11.6 Å². The largest absolute Gasteiger partial charge is 0.573 e. The lowest BCUT2D eigenvalue weighted by molar-refractivity contribution is -0.274. The summed E-state index contributed by atoms with van der Waals surface area (Å²) in [4.78, 5) is 7.82. The summed E-state index contributed by atoms with van der Waals surface area (Å²) < 4.78 is 39.8. The molecule has 0 unspecified atom stereocenters. The Labute approximate surface area is 112 Å². The van der Waals surface area contributed by atoms with E-state index in [0.717, 1.165) is 0 Å². The van der Waals surface area contributed by atoms with E-state index in [-0.39, 0.29) is 11.0 Å². The molecule has 100 valence electrons. The van der Waals surface area contributed by atoms with Crippen molar-refractivity contribution in [2.45, 2.75) is 13.3 Å². The molecule has 7 heteroatoms. The van der Waals surface area contributed by atoms with Gasteiger partial charge in [0.15, 0.2) is 0 Å². The van der Waals surface area contributed by atoms with Crippen LogP contribution in [0.15, 0.2) is 30.5 Å². The van der Waals surface area contributed by atoms with E-state index in [1.54, 1.807) is 6.92 Å². The summed E-state index contributed by atoms with van der Waals surface area (Å²) in [6, 6.07) is 5.47. The van der Waals surface area contributed by atoms with Crippen LogP contribution in [-0.4, -0.2) is 16.3 Å². The maximum Gasteiger partial charge on any atom is 0.573 e. The van der Waals surface area contributed by atoms with E-state index in [2.05, 4.69) is 14.7 Å². The minimum absolute atomic E-state index is 0.123. The van der Waals surface area contributed by atoms with Gasteiger partial charge in [0.1, 0.15) is 5.75 Å². The zero-order valence-electron chi connectivity index (χ0n) is 9.70. The first kappa shape index (κ1) is 13.6. The van der Waals surface area contributed by atoms with Crippen LogP contribution in [0, 0.1) is 6.92 Å². The van der Waals surface area contributed by atoms with Crippen molar-refractivity contribution >= 4 is 11.6 Å². The smallest absolute Gasteiger partial charge is 0.406 e. The molecule has 0 aliphatic rings. The molecule has 0 atom stereocenters. The van der Waals surface area contributed by atoms with Crippen molar-refractivity contribution in [2.24, 2.45) is 0 Å². The van der Waals surface area contributed by atoms with Gasteiger partial charge in [-0.15, -0.1) is 13.2 Å². The Kier molecular flexibility index (Phi) is 3.61. The number of ether oxygens (including phenoxy) is 1. The van der Waals surface area contributed by atoms with Crippen LogP contribution < -0.4 is 4.74 Å². The van der Waals surface area contributed by atoms with Crippen LogP contribution in [0.4, 0.5) is 13.2 Å². The van der Waals surface area contributed by atoms with Crippen molar-refractivity contribution in [3.05, 3.63) is 41.4 Å². The highest BCUT2D eigenvalue weighted by molar-refractivity contribution is 6.28. The van der Waals surface area contributed by atoms with Crippen molar-refractivity contribution in [2.75, 3.05) is 0 Å². The number of rotatable bonds is 2. The van der Waals surface area contributed by atoms with Gasteiger partial charge in [-0.25, -0.2) is 9.97 Å². The lowest BCUT2D eigenvalue weighted by atomic mass is 10.1. The summed E-state index contributed by atoms with van der Waals surface area (Å²) in [5.41, 5.74) is 2.02. The molecule has 2 rings (SSSR count). The zero-order valence-corrected chi connectivity index (χ0v) is 10.5. The third kappa shape index (κ3) is 3.57. The van der Waals surface area contributed by atoms with Crippen LogP contribution in [0.3, 0.4) is 0 Å². The average molecular weight is 289 g/mol. The van der Waals surface area contributed by atoms with E-state index in [0.29, 0.717) is 16.8 Å². The number of aromatic nitrogens is 2. The van der Waals surface area contributed by atoms with Crippen LogP contribution in [-0.2, 0) is 0 Å². The normalized spacial score (nSPS) is 11.4. The fourth-order valence-electron chi connectivity index (χ4n) is 1.56. The molecular formula is C12H8ClF3N2O. The van der Waals surface area contributed by atoms with E-state index in [9.17, 15) is 13.2 Å². The lowest BCUT2D eigenvalue weighted by Gasteiger charge is -2.10. The first-order valence-corrected chi connectivity index (χ1v) is 5.58. The minimum atomic E-state index is -4.69. The Morgan fingerprint density at radius 3 is 2.32 bits per heavy atom. The highest BCUT2D eigenvalue weighted by atomic mass is 35.5. The van der Waals surface area contributed by atoms with Gasteiger partial charge < -0.3 is 4.74 Å². The van der Waals surface area contributed by atoms with Crippen molar-refractivity contribution < 1.29 is 17.9 Å². The second kappa shape index (κ2) is 5.05. The van der Waals surface area contributed by atoms with E-state index in [4.69, 9.17) is 11.6 Å². The van der Waals surface area contributed by atoms with Crippen LogP contribution in [0.25, 0.3) is 11.1 Å². The predicted molar refractivity (Wildman–Crippen MR) is 63.9 cm³/mol. The summed E-state index contributed by atoms with van der Waals surface area (Å²) in [6.07, 6.45) is -3.18. The number of hydrogen-bond acceptors (Lipinski definition) is 3. The molecule has 0 bridgehead atoms. The van der Waals surface area contributed by atoms with Crippen LogP contribution in [0.5, 0.6) is 5.75 Å². The summed E-state index contributed by atoms with van der Waals surface area (Å²) in [5.74, 6) is -0.274. The molecule has 0 saturated heterocycles. The summed E-state index contributed by atoms with van der Waals surface area (Å²) in [7, 11) is 0. The van der Waals surface area contributed by atoms with Crippen molar-refractivity contribution in [1.29, 1.82) is 0 Å². The highest BCUT2D eigenvalue weighted by Gasteiger charge is 2.30. The van der Waals surface area contributed by atoms with Gasteiger partial charge in [0, 0.05) is 11.8 Å². The van der Waals surface area contributed by atoms with Crippen LogP contribution in [0.1, 0.15) is 5.69 Å². The first-order chi connectivity index (χ1) is 8.85. The third-order valence-corrected chi connectivity index (χ3v) is 2.53. The monoisotopic (exact) mass is 288 g/mol. The van der Waals surface area contributed by atoms with Gasteiger partial charge in [-0.1, -0.05) is 12.1 Å².